The zero-order chi connectivity index (χ0) is 17.5. The van der Waals surface area contributed by atoms with Gasteiger partial charge in [-0.15, -0.1) is 0 Å². The third-order valence-electron chi connectivity index (χ3n) is 3.38. The Hall–Kier alpha value is -2.21. The molecule has 0 aliphatic heterocycles. The van der Waals surface area contributed by atoms with Crippen LogP contribution in [0.4, 0.5) is 5.69 Å². The zero-order valence-electron chi connectivity index (χ0n) is 13.7. The number of rotatable bonds is 8. The van der Waals surface area contributed by atoms with E-state index in [9.17, 15) is 9.59 Å². The number of hydrogen-bond donors (Lipinski definition) is 2. The summed E-state index contributed by atoms with van der Waals surface area (Å²) >= 11 is 1.56. The number of carbonyl (C=O) groups excluding carboxylic acids is 1. The molecule has 0 aliphatic rings. The van der Waals surface area contributed by atoms with Crippen molar-refractivity contribution in [1.29, 1.82) is 0 Å². The van der Waals surface area contributed by atoms with Crippen molar-refractivity contribution < 1.29 is 19.1 Å². The van der Waals surface area contributed by atoms with E-state index in [0.29, 0.717) is 28.5 Å². The van der Waals surface area contributed by atoms with Crippen molar-refractivity contribution in [2.45, 2.75) is 31.9 Å². The normalized spacial score (nSPS) is 10.8. The molecule has 0 aliphatic carbocycles. The van der Waals surface area contributed by atoms with Crippen LogP contribution in [0.5, 0.6) is 0 Å². The first-order chi connectivity index (χ1) is 11.5. The van der Waals surface area contributed by atoms with Crippen molar-refractivity contribution in [2.75, 3.05) is 11.1 Å². The Labute approximate surface area is 145 Å². The van der Waals surface area contributed by atoms with Gasteiger partial charge in [0.25, 0.3) is 5.91 Å². The fourth-order valence-electron chi connectivity index (χ4n) is 2.24. The Kier molecular flexibility index (Phi) is 6.49. The van der Waals surface area contributed by atoms with E-state index in [1.807, 2.05) is 38.1 Å². The van der Waals surface area contributed by atoms with Crippen LogP contribution in [-0.2, 0) is 10.5 Å². The maximum Gasteiger partial charge on any atom is 0.304 e. The Morgan fingerprint density at radius 1 is 1.29 bits per heavy atom. The minimum Gasteiger partial charge on any atom is -0.481 e. The van der Waals surface area contributed by atoms with Gasteiger partial charge in [0.05, 0.1) is 18.2 Å². The van der Waals surface area contributed by atoms with Crippen LogP contribution in [-0.4, -0.2) is 22.7 Å². The van der Waals surface area contributed by atoms with Gasteiger partial charge in [-0.3, -0.25) is 9.59 Å². The van der Waals surface area contributed by atoms with Crippen LogP contribution in [0, 0.1) is 0 Å². The summed E-state index contributed by atoms with van der Waals surface area (Å²) in [5.74, 6) is 1.11. The largest absolute Gasteiger partial charge is 0.481 e. The summed E-state index contributed by atoms with van der Waals surface area (Å²) in [4.78, 5) is 22.9. The maximum absolute atomic E-state index is 12.4. The Morgan fingerprint density at radius 3 is 2.79 bits per heavy atom. The van der Waals surface area contributed by atoms with Crippen LogP contribution in [0.25, 0.3) is 0 Å². The molecule has 2 aromatic rings. The SMILES string of the molecule is CC(C)c1occc1C(=O)Nc1cccc(CSCCC(=O)O)c1. The Morgan fingerprint density at radius 2 is 2.08 bits per heavy atom. The highest BCUT2D eigenvalue weighted by atomic mass is 32.2. The number of carbonyl (C=O) groups is 2. The molecule has 0 fully saturated rings. The first-order valence-electron chi connectivity index (χ1n) is 7.74. The lowest BCUT2D eigenvalue weighted by Crippen LogP contribution is -2.13. The third-order valence-corrected chi connectivity index (χ3v) is 4.41. The van der Waals surface area contributed by atoms with Crippen molar-refractivity contribution in [1.82, 2.24) is 0 Å². The van der Waals surface area contributed by atoms with E-state index in [0.717, 1.165) is 5.56 Å². The smallest absolute Gasteiger partial charge is 0.304 e. The van der Waals surface area contributed by atoms with Gasteiger partial charge in [-0.2, -0.15) is 11.8 Å². The molecule has 128 valence electrons. The van der Waals surface area contributed by atoms with E-state index in [1.165, 1.54) is 6.26 Å². The number of carboxylic acid groups (broad SMARTS) is 1. The molecule has 0 atom stereocenters. The van der Waals surface area contributed by atoms with E-state index in [2.05, 4.69) is 5.32 Å². The highest BCUT2D eigenvalue weighted by molar-refractivity contribution is 7.98. The second kappa shape index (κ2) is 8.59. The molecule has 0 saturated carbocycles. The number of nitrogens with one attached hydrogen (secondary N) is 1. The number of benzene rings is 1. The second-order valence-corrected chi connectivity index (χ2v) is 6.81. The molecule has 0 unspecified atom stereocenters. The average molecular weight is 347 g/mol. The quantitative estimate of drug-likeness (QED) is 0.694. The molecule has 2 rings (SSSR count). The number of thioether (sulfide) groups is 1. The topological polar surface area (TPSA) is 79.5 Å². The molecule has 24 heavy (non-hydrogen) atoms. The minimum atomic E-state index is -0.787. The summed E-state index contributed by atoms with van der Waals surface area (Å²) in [6.07, 6.45) is 1.68. The molecular formula is C18H21NO4S. The lowest BCUT2D eigenvalue weighted by atomic mass is 10.1. The summed E-state index contributed by atoms with van der Waals surface area (Å²) in [7, 11) is 0. The van der Waals surface area contributed by atoms with Crippen molar-refractivity contribution in [3.63, 3.8) is 0 Å². The maximum atomic E-state index is 12.4. The monoisotopic (exact) mass is 347 g/mol. The van der Waals surface area contributed by atoms with Gasteiger partial charge in [-0.1, -0.05) is 26.0 Å². The van der Waals surface area contributed by atoms with Gasteiger partial charge in [0.15, 0.2) is 0 Å². The summed E-state index contributed by atoms with van der Waals surface area (Å²) in [5, 5.41) is 11.5. The van der Waals surface area contributed by atoms with Crippen molar-refractivity contribution in [3.05, 3.63) is 53.5 Å². The Bertz CT molecular complexity index is 709. The van der Waals surface area contributed by atoms with Gasteiger partial charge in [0, 0.05) is 23.1 Å². The molecule has 0 saturated heterocycles. The molecule has 6 heteroatoms. The number of amides is 1. The fraction of sp³-hybridized carbons (Fsp3) is 0.333. The van der Waals surface area contributed by atoms with Gasteiger partial charge >= 0.3 is 5.97 Å². The highest BCUT2D eigenvalue weighted by Gasteiger charge is 2.17. The molecule has 5 nitrogen and oxygen atoms in total. The first-order valence-corrected chi connectivity index (χ1v) is 8.90. The lowest BCUT2D eigenvalue weighted by Gasteiger charge is -2.09. The van der Waals surface area contributed by atoms with Crippen LogP contribution in [0.3, 0.4) is 0 Å². The molecule has 0 bridgehead atoms. The van der Waals surface area contributed by atoms with E-state index in [1.54, 1.807) is 17.8 Å². The summed E-state index contributed by atoms with van der Waals surface area (Å²) in [6.45, 7) is 3.95. The number of hydrogen-bond acceptors (Lipinski definition) is 4. The fourth-order valence-corrected chi connectivity index (χ4v) is 3.12. The van der Waals surface area contributed by atoms with E-state index < -0.39 is 5.97 Å². The van der Waals surface area contributed by atoms with Gasteiger partial charge in [-0.05, 0) is 23.8 Å². The van der Waals surface area contributed by atoms with Gasteiger partial charge < -0.3 is 14.8 Å². The molecule has 2 N–H and O–H groups in total. The first kappa shape index (κ1) is 18.1. The number of anilines is 1. The molecule has 1 amide bonds. The highest BCUT2D eigenvalue weighted by Crippen LogP contribution is 2.22. The van der Waals surface area contributed by atoms with Crippen LogP contribution in [0.1, 0.15) is 47.9 Å². The van der Waals surface area contributed by atoms with Crippen LogP contribution in [0.15, 0.2) is 41.0 Å². The predicted molar refractivity (Wildman–Crippen MR) is 95.6 cm³/mol. The predicted octanol–water partition coefficient (Wildman–Crippen LogP) is 4.36. The summed E-state index contributed by atoms with van der Waals surface area (Å²) in [6, 6.07) is 9.25. The van der Waals surface area contributed by atoms with E-state index in [4.69, 9.17) is 9.52 Å². The van der Waals surface area contributed by atoms with Gasteiger partial charge in [0.1, 0.15) is 5.76 Å². The summed E-state index contributed by atoms with van der Waals surface area (Å²) in [5.41, 5.74) is 2.30. The van der Waals surface area contributed by atoms with Crippen molar-refractivity contribution in [2.24, 2.45) is 0 Å². The third kappa shape index (κ3) is 5.16. The molecular weight excluding hydrogens is 326 g/mol. The Balaban J connectivity index is 1.97. The van der Waals surface area contributed by atoms with Crippen molar-refractivity contribution in [3.8, 4) is 0 Å². The molecule has 0 radical (unpaired) electrons. The average Bonchev–Trinajstić information content (AvgIpc) is 3.02. The number of aliphatic carboxylic acids is 1. The van der Waals surface area contributed by atoms with E-state index in [-0.39, 0.29) is 18.2 Å². The standard InChI is InChI=1S/C18H21NO4S/c1-12(2)17-15(6-8-23-17)18(22)19-14-5-3-4-13(10-14)11-24-9-7-16(20)21/h3-6,8,10,12H,7,9,11H2,1-2H3,(H,19,22)(H,20,21). The minimum absolute atomic E-state index is 0.137. The molecule has 1 aromatic carbocycles. The van der Waals surface area contributed by atoms with Gasteiger partial charge in [0.2, 0.25) is 0 Å². The van der Waals surface area contributed by atoms with Crippen LogP contribution < -0.4 is 5.32 Å². The number of carboxylic acids is 1. The van der Waals surface area contributed by atoms with Crippen LogP contribution >= 0.6 is 11.8 Å². The second-order valence-electron chi connectivity index (χ2n) is 5.70. The molecule has 1 heterocycles. The zero-order valence-corrected chi connectivity index (χ0v) is 14.6. The summed E-state index contributed by atoms with van der Waals surface area (Å²) < 4.78 is 5.38. The van der Waals surface area contributed by atoms with Crippen molar-refractivity contribution >= 4 is 29.3 Å². The van der Waals surface area contributed by atoms with E-state index >= 15 is 0 Å². The molecule has 1 aromatic heterocycles. The van der Waals surface area contributed by atoms with Gasteiger partial charge in [-0.25, -0.2) is 0 Å². The van der Waals surface area contributed by atoms with Crippen LogP contribution in [0.2, 0.25) is 0 Å². The lowest BCUT2D eigenvalue weighted by molar-refractivity contribution is -0.136. The number of furan rings is 1. The molecule has 0 spiro atoms.